The van der Waals surface area contributed by atoms with Crippen LogP contribution >= 0.6 is 0 Å². The van der Waals surface area contributed by atoms with E-state index in [1.54, 1.807) is 12.1 Å². The second-order valence-electron chi connectivity index (χ2n) is 4.78. The van der Waals surface area contributed by atoms with Crippen LogP contribution in [0.1, 0.15) is 38.3 Å². The molecular weight excluding hydrogens is 216 g/mol. The third-order valence-corrected chi connectivity index (χ3v) is 2.69. The molecule has 0 fully saturated rings. The van der Waals surface area contributed by atoms with Crippen molar-refractivity contribution in [2.75, 3.05) is 5.73 Å². The van der Waals surface area contributed by atoms with Crippen LogP contribution in [0.3, 0.4) is 0 Å². The minimum absolute atomic E-state index is 0.151. The molecule has 0 aliphatic heterocycles. The van der Waals surface area contributed by atoms with Crippen molar-refractivity contribution in [3.8, 4) is 0 Å². The van der Waals surface area contributed by atoms with Gasteiger partial charge in [-0.15, -0.1) is 0 Å². The second-order valence-corrected chi connectivity index (χ2v) is 4.78. The molecule has 0 radical (unpaired) electrons. The maximum Gasteiger partial charge on any atom is 0.270 e. The van der Waals surface area contributed by atoms with Crippen molar-refractivity contribution in [2.45, 2.75) is 40.0 Å². The number of nitrogens with two attached hydrogens (primary N) is 1. The van der Waals surface area contributed by atoms with Crippen molar-refractivity contribution < 1.29 is 4.92 Å². The highest BCUT2D eigenvalue weighted by molar-refractivity contribution is 5.59. The van der Waals surface area contributed by atoms with Gasteiger partial charge in [-0.25, -0.2) is 0 Å². The van der Waals surface area contributed by atoms with Gasteiger partial charge in [0.15, 0.2) is 0 Å². The van der Waals surface area contributed by atoms with E-state index in [4.69, 9.17) is 5.73 Å². The zero-order chi connectivity index (χ0) is 13.0. The van der Waals surface area contributed by atoms with E-state index in [9.17, 15) is 10.1 Å². The van der Waals surface area contributed by atoms with Gasteiger partial charge in [0, 0.05) is 17.8 Å². The van der Waals surface area contributed by atoms with Crippen molar-refractivity contribution >= 4 is 11.4 Å². The molecule has 1 aromatic rings. The summed E-state index contributed by atoms with van der Waals surface area (Å²) in [6.45, 7) is 6.20. The summed E-state index contributed by atoms with van der Waals surface area (Å²) in [7, 11) is 0. The molecule has 2 N–H and O–H groups in total. The molecule has 17 heavy (non-hydrogen) atoms. The Morgan fingerprint density at radius 1 is 1.35 bits per heavy atom. The van der Waals surface area contributed by atoms with Gasteiger partial charge < -0.3 is 5.73 Å². The number of nitrogens with zero attached hydrogens (tertiary/aromatic N) is 1. The standard InChI is InChI=1S/C13H20N2O2/c1-4-5-10-7-12(15(16)17)8-11(13(10)14)6-9(2)3/h7-9H,4-6,14H2,1-3H3. The van der Waals surface area contributed by atoms with Gasteiger partial charge in [-0.1, -0.05) is 27.2 Å². The molecule has 4 nitrogen and oxygen atoms in total. The Morgan fingerprint density at radius 2 is 1.94 bits per heavy atom. The number of anilines is 1. The number of rotatable bonds is 5. The number of nitro benzene ring substituents is 1. The zero-order valence-electron chi connectivity index (χ0n) is 10.7. The summed E-state index contributed by atoms with van der Waals surface area (Å²) in [6, 6.07) is 3.21. The van der Waals surface area contributed by atoms with Gasteiger partial charge >= 0.3 is 0 Å². The molecule has 94 valence electrons. The Hall–Kier alpha value is -1.58. The highest BCUT2D eigenvalue weighted by Gasteiger charge is 2.14. The Bertz CT molecular complexity index is 414. The SMILES string of the molecule is CCCc1cc([N+](=O)[O-])cc(CC(C)C)c1N. The fourth-order valence-corrected chi connectivity index (χ4v) is 1.95. The van der Waals surface area contributed by atoms with E-state index in [1.165, 1.54) is 0 Å². The smallest absolute Gasteiger partial charge is 0.270 e. The maximum atomic E-state index is 10.9. The summed E-state index contributed by atoms with van der Waals surface area (Å²) in [5, 5.41) is 10.9. The molecule has 0 aliphatic carbocycles. The predicted octanol–water partition coefficient (Wildman–Crippen LogP) is 3.33. The van der Waals surface area contributed by atoms with Crippen molar-refractivity contribution in [3.63, 3.8) is 0 Å². The summed E-state index contributed by atoms with van der Waals surface area (Å²) in [5.41, 5.74) is 8.74. The third kappa shape index (κ3) is 3.44. The molecule has 0 unspecified atom stereocenters. The molecule has 0 heterocycles. The monoisotopic (exact) mass is 236 g/mol. The fraction of sp³-hybridized carbons (Fsp3) is 0.538. The molecule has 0 aromatic heterocycles. The first-order valence-corrected chi connectivity index (χ1v) is 6.01. The molecule has 1 rings (SSSR count). The molecule has 0 atom stereocenters. The van der Waals surface area contributed by atoms with Crippen LogP contribution in [0.25, 0.3) is 0 Å². The van der Waals surface area contributed by atoms with Gasteiger partial charge in [0.25, 0.3) is 5.69 Å². The average molecular weight is 236 g/mol. The Labute approximate surface area is 102 Å². The van der Waals surface area contributed by atoms with Crippen molar-refractivity contribution in [1.29, 1.82) is 0 Å². The summed E-state index contributed by atoms with van der Waals surface area (Å²) < 4.78 is 0. The van der Waals surface area contributed by atoms with E-state index in [1.807, 2.05) is 6.92 Å². The van der Waals surface area contributed by atoms with E-state index < -0.39 is 0 Å². The number of nitrogen functional groups attached to an aromatic ring is 1. The lowest BCUT2D eigenvalue weighted by molar-refractivity contribution is -0.385. The molecule has 0 spiro atoms. The lowest BCUT2D eigenvalue weighted by atomic mass is 9.96. The van der Waals surface area contributed by atoms with Gasteiger partial charge in [0.2, 0.25) is 0 Å². The molecule has 0 aliphatic rings. The van der Waals surface area contributed by atoms with Gasteiger partial charge in [-0.3, -0.25) is 10.1 Å². The van der Waals surface area contributed by atoms with E-state index >= 15 is 0 Å². The third-order valence-electron chi connectivity index (χ3n) is 2.69. The topological polar surface area (TPSA) is 69.2 Å². The first-order valence-electron chi connectivity index (χ1n) is 6.01. The predicted molar refractivity (Wildman–Crippen MR) is 70.0 cm³/mol. The normalized spacial score (nSPS) is 10.8. The van der Waals surface area contributed by atoms with Crippen LogP contribution in [0.4, 0.5) is 11.4 Å². The van der Waals surface area contributed by atoms with E-state index in [0.29, 0.717) is 5.92 Å². The quantitative estimate of drug-likeness (QED) is 0.484. The Balaban J connectivity index is 3.22. The van der Waals surface area contributed by atoms with Gasteiger partial charge in [0.1, 0.15) is 0 Å². The number of benzene rings is 1. The molecule has 1 aromatic carbocycles. The van der Waals surface area contributed by atoms with Crippen LogP contribution in [0.5, 0.6) is 0 Å². The van der Waals surface area contributed by atoms with E-state index in [0.717, 1.165) is 36.1 Å². The number of aryl methyl sites for hydroxylation is 1. The lowest BCUT2D eigenvalue weighted by Crippen LogP contribution is -2.05. The molecule has 0 amide bonds. The van der Waals surface area contributed by atoms with Crippen molar-refractivity contribution in [1.82, 2.24) is 0 Å². The minimum atomic E-state index is -0.345. The largest absolute Gasteiger partial charge is 0.398 e. The molecule has 0 saturated carbocycles. The molecule has 4 heteroatoms. The van der Waals surface area contributed by atoms with Crippen LogP contribution in [0.15, 0.2) is 12.1 Å². The van der Waals surface area contributed by atoms with Crippen LogP contribution in [-0.4, -0.2) is 4.92 Å². The number of nitro groups is 1. The number of non-ortho nitro benzene ring substituents is 1. The van der Waals surface area contributed by atoms with Crippen LogP contribution < -0.4 is 5.73 Å². The Morgan fingerprint density at radius 3 is 2.41 bits per heavy atom. The van der Waals surface area contributed by atoms with Crippen molar-refractivity contribution in [2.24, 2.45) is 5.92 Å². The van der Waals surface area contributed by atoms with Crippen molar-refractivity contribution in [3.05, 3.63) is 33.4 Å². The van der Waals surface area contributed by atoms with Gasteiger partial charge in [0.05, 0.1) is 4.92 Å². The molecular formula is C13H20N2O2. The summed E-state index contributed by atoms with van der Waals surface area (Å²) in [5.74, 6) is 0.439. The summed E-state index contributed by atoms with van der Waals surface area (Å²) in [6.07, 6.45) is 2.51. The summed E-state index contributed by atoms with van der Waals surface area (Å²) >= 11 is 0. The van der Waals surface area contributed by atoms with E-state index in [-0.39, 0.29) is 10.6 Å². The highest BCUT2D eigenvalue weighted by Crippen LogP contribution is 2.27. The minimum Gasteiger partial charge on any atom is -0.398 e. The molecule has 0 saturated heterocycles. The van der Waals surface area contributed by atoms with Crippen LogP contribution in [-0.2, 0) is 12.8 Å². The number of hydrogen-bond acceptors (Lipinski definition) is 3. The lowest BCUT2D eigenvalue weighted by Gasteiger charge is -2.12. The fourth-order valence-electron chi connectivity index (χ4n) is 1.95. The first-order chi connectivity index (χ1) is 7.95. The second kappa shape index (κ2) is 5.66. The van der Waals surface area contributed by atoms with Gasteiger partial charge in [-0.05, 0) is 29.9 Å². The highest BCUT2D eigenvalue weighted by atomic mass is 16.6. The molecule has 0 bridgehead atoms. The Kier molecular flexibility index (Phi) is 4.49. The first kappa shape index (κ1) is 13.5. The summed E-state index contributed by atoms with van der Waals surface area (Å²) in [4.78, 5) is 10.5. The average Bonchev–Trinajstić information content (AvgIpc) is 2.23. The van der Waals surface area contributed by atoms with Gasteiger partial charge in [-0.2, -0.15) is 0 Å². The number of hydrogen-bond donors (Lipinski definition) is 1. The zero-order valence-corrected chi connectivity index (χ0v) is 10.7. The maximum absolute atomic E-state index is 10.9. The van der Waals surface area contributed by atoms with Crippen LogP contribution in [0, 0.1) is 16.0 Å². The van der Waals surface area contributed by atoms with Crippen LogP contribution in [0.2, 0.25) is 0 Å². The van der Waals surface area contributed by atoms with E-state index in [2.05, 4.69) is 13.8 Å².